The van der Waals surface area contributed by atoms with Gasteiger partial charge in [0.25, 0.3) is 0 Å². The van der Waals surface area contributed by atoms with Crippen LogP contribution in [0, 0.1) is 0 Å². The fourth-order valence-corrected chi connectivity index (χ4v) is 1.88. The van der Waals surface area contributed by atoms with Crippen molar-refractivity contribution in [3.63, 3.8) is 0 Å². The van der Waals surface area contributed by atoms with Crippen molar-refractivity contribution in [3.8, 4) is 0 Å². The Hall–Kier alpha value is -2.29. The Labute approximate surface area is 114 Å². The van der Waals surface area contributed by atoms with Crippen molar-refractivity contribution >= 4 is 32.0 Å². The van der Waals surface area contributed by atoms with E-state index in [9.17, 15) is 4.79 Å². The molecule has 0 saturated carbocycles. The van der Waals surface area contributed by atoms with E-state index in [1.807, 2.05) is 19.4 Å². The number of carbonyl (C=O) groups is 1. The van der Waals surface area contributed by atoms with E-state index in [2.05, 4.69) is 23.5 Å². The van der Waals surface area contributed by atoms with Crippen LogP contribution in [0.5, 0.6) is 0 Å². The van der Waals surface area contributed by atoms with Gasteiger partial charge in [-0.05, 0) is 29.4 Å². The maximum absolute atomic E-state index is 10.8. The lowest BCUT2D eigenvalue weighted by atomic mass is 9.69. The van der Waals surface area contributed by atoms with Crippen LogP contribution in [-0.4, -0.2) is 25.9 Å². The minimum absolute atomic E-state index is 0.537. The fraction of sp³-hybridized carbons (Fsp3) is 0. The maximum Gasteiger partial charge on any atom is 0.201 e. The second kappa shape index (κ2) is 5.57. The Morgan fingerprint density at radius 1 is 1.53 bits per heavy atom. The molecule has 1 amide bonds. The van der Waals surface area contributed by atoms with Crippen molar-refractivity contribution in [1.82, 2.24) is 10.3 Å². The maximum atomic E-state index is 10.8. The monoisotopic (exact) mass is 245 g/mol. The van der Waals surface area contributed by atoms with E-state index in [0.717, 1.165) is 22.1 Å². The standard InChI is InChI=1S/C14H11B2N2O/c1-3-10(18-14(15)19)4-5-11-9(2)16-13-8-17-7-6-12(11)13/h3-8H,1-2H2,(H,18,19)/b10-4+,11-5+. The second-order valence-electron chi connectivity index (χ2n) is 4.03. The van der Waals surface area contributed by atoms with Crippen molar-refractivity contribution in [2.45, 2.75) is 0 Å². The molecule has 0 aromatic carbocycles. The van der Waals surface area contributed by atoms with Crippen LogP contribution >= 0.6 is 0 Å². The van der Waals surface area contributed by atoms with Crippen molar-refractivity contribution in [3.05, 3.63) is 66.6 Å². The summed E-state index contributed by atoms with van der Waals surface area (Å²) in [6.07, 6.45) is 8.66. The minimum atomic E-state index is -0.619. The summed E-state index contributed by atoms with van der Waals surface area (Å²) in [4.78, 5) is 14.9. The average Bonchev–Trinajstić information content (AvgIpc) is 2.70. The molecule has 0 spiro atoms. The molecule has 1 aromatic rings. The smallest absolute Gasteiger partial charge is 0.201 e. The molecule has 5 heteroatoms. The number of fused-ring (bicyclic) bond motifs is 1. The lowest BCUT2D eigenvalue weighted by Crippen LogP contribution is -2.19. The molecule has 1 aliphatic heterocycles. The van der Waals surface area contributed by atoms with Crippen molar-refractivity contribution in [1.29, 1.82) is 0 Å². The molecule has 0 aliphatic carbocycles. The molecule has 2 heterocycles. The molecule has 1 aliphatic rings. The zero-order valence-electron chi connectivity index (χ0n) is 10.4. The van der Waals surface area contributed by atoms with Crippen LogP contribution in [0.15, 0.2) is 61.0 Å². The first-order valence-corrected chi connectivity index (χ1v) is 5.71. The van der Waals surface area contributed by atoms with E-state index in [1.54, 1.807) is 18.5 Å². The molecule has 3 radical (unpaired) electrons. The van der Waals surface area contributed by atoms with Crippen LogP contribution in [0.3, 0.4) is 0 Å². The first-order chi connectivity index (χ1) is 9.11. The quantitative estimate of drug-likeness (QED) is 0.643. The summed E-state index contributed by atoms with van der Waals surface area (Å²) < 4.78 is 0. The first kappa shape index (κ1) is 13.1. The van der Waals surface area contributed by atoms with Gasteiger partial charge in [-0.25, -0.2) is 0 Å². The summed E-state index contributed by atoms with van der Waals surface area (Å²) in [5.41, 5.74) is 4.54. The number of amides is 1. The molecule has 0 unspecified atom stereocenters. The molecule has 2 rings (SSSR count). The molecule has 1 aromatic heterocycles. The van der Waals surface area contributed by atoms with E-state index < -0.39 is 5.81 Å². The normalized spacial score (nSPS) is 15.9. The number of nitrogens with zero attached hydrogens (tertiary/aromatic N) is 1. The molecular formula is C14H11B2N2O. The third-order valence-corrected chi connectivity index (χ3v) is 2.73. The third-order valence-electron chi connectivity index (χ3n) is 2.73. The molecule has 0 bridgehead atoms. The average molecular weight is 245 g/mol. The number of allylic oxidation sites excluding steroid dienone is 5. The van der Waals surface area contributed by atoms with Crippen LogP contribution in [0.4, 0.5) is 4.79 Å². The van der Waals surface area contributed by atoms with Crippen molar-refractivity contribution in [2.24, 2.45) is 0 Å². The predicted octanol–water partition coefficient (Wildman–Crippen LogP) is 1.27. The number of pyridine rings is 1. The predicted molar refractivity (Wildman–Crippen MR) is 79.3 cm³/mol. The third kappa shape index (κ3) is 2.94. The highest BCUT2D eigenvalue weighted by Gasteiger charge is 2.19. The highest BCUT2D eigenvalue weighted by Crippen LogP contribution is 2.25. The molecular weight excluding hydrogens is 234 g/mol. The number of hydrogen-bond donors (Lipinski definition) is 1. The summed E-state index contributed by atoms with van der Waals surface area (Å²) in [6, 6.07) is 1.93. The Kier molecular flexibility index (Phi) is 3.85. The molecule has 89 valence electrons. The Bertz CT molecular complexity index is 618. The Morgan fingerprint density at radius 2 is 2.32 bits per heavy atom. The van der Waals surface area contributed by atoms with E-state index in [0.29, 0.717) is 5.70 Å². The zero-order chi connectivity index (χ0) is 13.8. The second-order valence-corrected chi connectivity index (χ2v) is 4.03. The Balaban J connectivity index is 2.33. The topological polar surface area (TPSA) is 42.0 Å². The van der Waals surface area contributed by atoms with Gasteiger partial charge in [0.1, 0.15) is 0 Å². The molecule has 19 heavy (non-hydrogen) atoms. The number of rotatable bonds is 3. The summed E-state index contributed by atoms with van der Waals surface area (Å²) in [6.45, 7) is 7.61. The number of nitrogens with one attached hydrogen (secondary N) is 1. The molecule has 3 nitrogen and oxygen atoms in total. The zero-order valence-corrected chi connectivity index (χ0v) is 10.4. The number of aromatic nitrogens is 1. The number of carbonyl (C=O) groups excluding carboxylic acids is 1. The lowest BCUT2D eigenvalue weighted by Gasteiger charge is -2.03. The van der Waals surface area contributed by atoms with E-state index in [-0.39, 0.29) is 0 Å². The molecule has 0 saturated heterocycles. The van der Waals surface area contributed by atoms with Gasteiger partial charge < -0.3 is 5.32 Å². The lowest BCUT2D eigenvalue weighted by molar-refractivity contribution is 0.262. The van der Waals surface area contributed by atoms with Gasteiger partial charge in [-0.1, -0.05) is 23.6 Å². The van der Waals surface area contributed by atoms with Crippen LogP contribution in [-0.2, 0) is 0 Å². The molecule has 0 atom stereocenters. The van der Waals surface area contributed by atoms with Gasteiger partial charge >= 0.3 is 0 Å². The van der Waals surface area contributed by atoms with Crippen molar-refractivity contribution in [2.75, 3.05) is 0 Å². The van der Waals surface area contributed by atoms with Gasteiger partial charge in [0.2, 0.25) is 7.85 Å². The fourth-order valence-electron chi connectivity index (χ4n) is 1.88. The van der Waals surface area contributed by atoms with Crippen LogP contribution in [0.2, 0.25) is 0 Å². The van der Waals surface area contributed by atoms with Gasteiger partial charge in [-0.2, -0.15) is 0 Å². The summed E-state index contributed by atoms with van der Waals surface area (Å²) >= 11 is 0. The highest BCUT2D eigenvalue weighted by atomic mass is 16.1. The van der Waals surface area contributed by atoms with Gasteiger partial charge in [-0.15, -0.1) is 6.58 Å². The highest BCUT2D eigenvalue weighted by molar-refractivity contribution is 6.68. The van der Waals surface area contributed by atoms with Crippen LogP contribution in [0.25, 0.3) is 5.57 Å². The molecule has 1 N–H and O–H groups in total. The summed E-state index contributed by atoms with van der Waals surface area (Å²) in [5, 5.41) is 2.48. The van der Waals surface area contributed by atoms with E-state index >= 15 is 0 Å². The van der Waals surface area contributed by atoms with Crippen LogP contribution < -0.4 is 10.8 Å². The summed E-state index contributed by atoms with van der Waals surface area (Å²) in [7, 11) is 7.03. The van der Waals surface area contributed by atoms with Gasteiger partial charge in [-0.3, -0.25) is 9.78 Å². The van der Waals surface area contributed by atoms with Gasteiger partial charge in [0, 0.05) is 18.1 Å². The molecule has 0 fully saturated rings. The van der Waals surface area contributed by atoms with Crippen LogP contribution in [0.1, 0.15) is 5.56 Å². The number of hydrogen-bond acceptors (Lipinski definition) is 2. The van der Waals surface area contributed by atoms with Crippen molar-refractivity contribution < 1.29 is 4.79 Å². The van der Waals surface area contributed by atoms with Gasteiger partial charge in [0.05, 0.1) is 0 Å². The Morgan fingerprint density at radius 3 is 3.00 bits per heavy atom. The van der Waals surface area contributed by atoms with Gasteiger partial charge in [0.15, 0.2) is 13.1 Å². The van der Waals surface area contributed by atoms with E-state index in [1.165, 1.54) is 6.08 Å². The summed E-state index contributed by atoms with van der Waals surface area (Å²) in [5.74, 6) is -0.619. The minimum Gasteiger partial charge on any atom is -0.336 e. The van der Waals surface area contributed by atoms with E-state index in [4.69, 9.17) is 7.85 Å². The first-order valence-electron chi connectivity index (χ1n) is 5.71. The largest absolute Gasteiger partial charge is 0.336 e. The SMILES string of the molecule is [B]C(=O)N/C(C=C)=C/C=C1\C(=C)[B]c2cnccc21.